The number of hydrogen-bond acceptors (Lipinski definition) is 4. The van der Waals surface area contributed by atoms with Gasteiger partial charge in [-0.1, -0.05) is 19.9 Å². The molecule has 1 rings (SSSR count). The first-order chi connectivity index (χ1) is 10.6. The molecule has 0 aromatic heterocycles. The number of halogens is 2. The van der Waals surface area contributed by atoms with E-state index < -0.39 is 25.2 Å². The second-order valence-electron chi connectivity index (χ2n) is 5.94. The van der Waals surface area contributed by atoms with Crippen molar-refractivity contribution >= 4 is 18.5 Å². The van der Waals surface area contributed by atoms with Crippen molar-refractivity contribution in [2.24, 2.45) is 5.92 Å². The van der Waals surface area contributed by atoms with Crippen molar-refractivity contribution in [2.75, 3.05) is 7.05 Å². The summed E-state index contributed by atoms with van der Waals surface area (Å²) in [4.78, 5) is 11.8. The number of rotatable bonds is 7. The van der Waals surface area contributed by atoms with Crippen LogP contribution in [-0.2, 0) is 4.65 Å². The molecule has 0 saturated heterocycles. The highest BCUT2D eigenvalue weighted by Crippen LogP contribution is 2.22. The molecule has 2 N–H and O–H groups in total. The normalized spacial score (nSPS) is 11.7. The molecule has 1 amide bonds. The first-order valence-electron chi connectivity index (χ1n) is 7.25. The molecule has 8 heteroatoms. The maximum Gasteiger partial charge on any atom is 0.491 e. The van der Waals surface area contributed by atoms with Gasteiger partial charge in [0.05, 0.1) is 11.2 Å². The Morgan fingerprint density at radius 1 is 1.35 bits per heavy atom. The molecule has 0 radical (unpaired) electrons. The van der Waals surface area contributed by atoms with Crippen molar-refractivity contribution in [3.8, 4) is 5.75 Å². The lowest BCUT2D eigenvalue weighted by Crippen LogP contribution is -2.44. The Labute approximate surface area is 135 Å². The van der Waals surface area contributed by atoms with Crippen molar-refractivity contribution in [2.45, 2.75) is 39.9 Å². The van der Waals surface area contributed by atoms with Gasteiger partial charge in [0.15, 0.2) is 0 Å². The van der Waals surface area contributed by atoms with E-state index in [1.807, 2.05) is 27.7 Å². The molecule has 0 aliphatic carbocycles. The fourth-order valence-electron chi connectivity index (χ4n) is 1.70. The fourth-order valence-corrected chi connectivity index (χ4v) is 1.70. The van der Waals surface area contributed by atoms with Crippen molar-refractivity contribution in [1.29, 1.82) is 0 Å². The van der Waals surface area contributed by atoms with Crippen molar-refractivity contribution in [3.05, 3.63) is 23.8 Å². The molecule has 0 aliphatic rings. The van der Waals surface area contributed by atoms with Crippen LogP contribution in [0.4, 0.5) is 8.78 Å². The molecule has 0 heterocycles. The van der Waals surface area contributed by atoms with E-state index in [2.05, 4.69) is 10.1 Å². The van der Waals surface area contributed by atoms with Crippen LogP contribution in [0.25, 0.3) is 0 Å². The average Bonchev–Trinajstić information content (AvgIpc) is 2.45. The first kappa shape index (κ1) is 19.4. The predicted molar refractivity (Wildman–Crippen MR) is 84.1 cm³/mol. The summed E-state index contributed by atoms with van der Waals surface area (Å²) in [5.74, 6) is -0.728. The largest absolute Gasteiger partial charge is 0.491 e. The standard InChI is InChI=1S/C15H22BF2NO4/c1-9(2)15(3,4)23-16(21)10-6-7-12(22-14(17)18)11(8-10)13(20)19-5/h6-9,14,21H,1-5H3,(H,19,20). The summed E-state index contributed by atoms with van der Waals surface area (Å²) in [6.45, 7) is 4.50. The van der Waals surface area contributed by atoms with Crippen LogP contribution in [0.15, 0.2) is 18.2 Å². The highest BCUT2D eigenvalue weighted by molar-refractivity contribution is 6.60. The number of hydrogen-bond donors (Lipinski definition) is 2. The van der Waals surface area contributed by atoms with E-state index >= 15 is 0 Å². The maximum absolute atomic E-state index is 12.4. The number of amides is 1. The van der Waals surface area contributed by atoms with Crippen LogP contribution >= 0.6 is 0 Å². The Kier molecular flexibility index (Phi) is 6.52. The zero-order valence-corrected chi connectivity index (χ0v) is 13.9. The van der Waals surface area contributed by atoms with Gasteiger partial charge in [-0.25, -0.2) is 0 Å². The van der Waals surface area contributed by atoms with E-state index in [-0.39, 0.29) is 22.7 Å². The van der Waals surface area contributed by atoms with E-state index in [1.165, 1.54) is 25.2 Å². The molecule has 0 aliphatic heterocycles. The summed E-state index contributed by atoms with van der Waals surface area (Å²) in [7, 11) is 0.0760. The van der Waals surface area contributed by atoms with E-state index in [9.17, 15) is 18.6 Å². The van der Waals surface area contributed by atoms with E-state index in [0.717, 1.165) is 0 Å². The Balaban J connectivity index is 3.11. The summed E-state index contributed by atoms with van der Waals surface area (Å²) in [6, 6.07) is 3.86. The number of nitrogens with one attached hydrogen (secondary N) is 1. The number of carbonyl (C=O) groups is 1. The van der Waals surface area contributed by atoms with Gasteiger partial charge in [0.25, 0.3) is 5.91 Å². The lowest BCUT2D eigenvalue weighted by atomic mass is 9.76. The average molecular weight is 329 g/mol. The molecule has 23 heavy (non-hydrogen) atoms. The maximum atomic E-state index is 12.4. The zero-order valence-electron chi connectivity index (χ0n) is 13.9. The summed E-state index contributed by atoms with van der Waals surface area (Å²) < 4.78 is 34.8. The van der Waals surface area contributed by atoms with E-state index in [1.54, 1.807) is 0 Å². The highest BCUT2D eigenvalue weighted by Gasteiger charge is 2.31. The predicted octanol–water partition coefficient (Wildman–Crippen LogP) is 1.79. The third-order valence-electron chi connectivity index (χ3n) is 3.78. The van der Waals surface area contributed by atoms with Crippen LogP contribution in [0.3, 0.4) is 0 Å². The Morgan fingerprint density at radius 3 is 2.43 bits per heavy atom. The van der Waals surface area contributed by atoms with Crippen LogP contribution < -0.4 is 15.5 Å². The van der Waals surface area contributed by atoms with Crippen LogP contribution in [0.1, 0.15) is 38.1 Å². The number of benzene rings is 1. The quantitative estimate of drug-likeness (QED) is 0.749. The van der Waals surface area contributed by atoms with Gasteiger partial charge in [-0.3, -0.25) is 4.79 Å². The summed E-state index contributed by atoms with van der Waals surface area (Å²) in [6.07, 6.45) is 0. The zero-order chi connectivity index (χ0) is 17.8. The Bertz CT molecular complexity index is 552. The fraction of sp³-hybridized carbons (Fsp3) is 0.533. The minimum atomic E-state index is -3.05. The molecule has 128 valence electrons. The monoisotopic (exact) mass is 329 g/mol. The van der Waals surface area contributed by atoms with Crippen LogP contribution in [0.5, 0.6) is 5.75 Å². The van der Waals surface area contributed by atoms with Gasteiger partial charge in [-0.05, 0) is 37.4 Å². The Hall–Kier alpha value is -1.67. The molecule has 0 atom stereocenters. The highest BCUT2D eigenvalue weighted by atomic mass is 19.3. The third-order valence-corrected chi connectivity index (χ3v) is 3.78. The SMILES string of the molecule is CNC(=O)c1cc(B(O)OC(C)(C)C(C)C)ccc1OC(F)F. The van der Waals surface area contributed by atoms with Gasteiger partial charge >= 0.3 is 13.7 Å². The molecule has 0 fully saturated rings. The third kappa shape index (κ3) is 5.18. The summed E-state index contributed by atoms with van der Waals surface area (Å²) in [5.41, 5.74) is -0.431. The molecule has 0 saturated carbocycles. The Morgan fingerprint density at radius 2 is 1.96 bits per heavy atom. The second kappa shape index (κ2) is 7.74. The molecule has 0 unspecified atom stereocenters. The van der Waals surface area contributed by atoms with Gasteiger partial charge in [-0.2, -0.15) is 8.78 Å². The number of carbonyl (C=O) groups excluding carboxylic acids is 1. The molecule has 5 nitrogen and oxygen atoms in total. The molecular weight excluding hydrogens is 307 g/mol. The van der Waals surface area contributed by atoms with Crippen LogP contribution in [0, 0.1) is 5.92 Å². The van der Waals surface area contributed by atoms with Gasteiger partial charge in [0.1, 0.15) is 5.75 Å². The van der Waals surface area contributed by atoms with Gasteiger partial charge in [0.2, 0.25) is 0 Å². The summed E-state index contributed by atoms with van der Waals surface area (Å²) in [5, 5.41) is 12.6. The van der Waals surface area contributed by atoms with Gasteiger partial charge < -0.3 is 19.7 Å². The smallest absolute Gasteiger partial charge is 0.434 e. The molecule has 1 aromatic carbocycles. The molecular formula is C15H22BF2NO4. The van der Waals surface area contributed by atoms with Gasteiger partial charge in [0, 0.05) is 7.05 Å². The molecule has 1 aromatic rings. The van der Waals surface area contributed by atoms with E-state index in [0.29, 0.717) is 0 Å². The van der Waals surface area contributed by atoms with Gasteiger partial charge in [-0.15, -0.1) is 0 Å². The molecule has 0 spiro atoms. The summed E-state index contributed by atoms with van der Waals surface area (Å²) >= 11 is 0. The van der Waals surface area contributed by atoms with Crippen molar-refractivity contribution < 1.29 is 28.0 Å². The molecule has 0 bridgehead atoms. The van der Waals surface area contributed by atoms with Crippen molar-refractivity contribution in [3.63, 3.8) is 0 Å². The minimum absolute atomic E-state index is 0.102. The minimum Gasteiger partial charge on any atom is -0.434 e. The topological polar surface area (TPSA) is 67.8 Å². The van der Waals surface area contributed by atoms with Crippen LogP contribution in [-0.4, -0.2) is 37.3 Å². The lowest BCUT2D eigenvalue weighted by Gasteiger charge is -2.31. The van der Waals surface area contributed by atoms with Crippen molar-refractivity contribution in [1.82, 2.24) is 5.32 Å². The second-order valence-corrected chi connectivity index (χ2v) is 5.94. The number of ether oxygens (including phenoxy) is 1. The van der Waals surface area contributed by atoms with E-state index in [4.69, 9.17) is 4.65 Å². The number of alkyl halides is 2. The lowest BCUT2D eigenvalue weighted by molar-refractivity contribution is -0.0501. The first-order valence-corrected chi connectivity index (χ1v) is 7.25. The van der Waals surface area contributed by atoms with Crippen LogP contribution in [0.2, 0.25) is 0 Å².